The first-order valence-electron chi connectivity index (χ1n) is 11.7. The highest BCUT2D eigenvalue weighted by Gasteiger charge is 2.38. The summed E-state index contributed by atoms with van der Waals surface area (Å²) >= 11 is 0. The first-order valence-corrected chi connectivity index (χ1v) is 11.7. The number of hydrogen-bond acceptors (Lipinski definition) is 8. The number of alkyl halides is 3. The Balaban J connectivity index is 0.000000505. The van der Waals surface area contributed by atoms with Crippen molar-refractivity contribution in [2.75, 3.05) is 39.0 Å². The van der Waals surface area contributed by atoms with Crippen molar-refractivity contribution in [3.8, 4) is 17.4 Å². The second kappa shape index (κ2) is 11.7. The lowest BCUT2D eigenvalue weighted by molar-refractivity contribution is -0.192. The van der Waals surface area contributed by atoms with Gasteiger partial charge in [0, 0.05) is 30.9 Å². The van der Waals surface area contributed by atoms with E-state index in [4.69, 9.17) is 14.3 Å². The van der Waals surface area contributed by atoms with Crippen LogP contribution in [-0.4, -0.2) is 92.5 Å². The molecule has 0 spiro atoms. The number of nitrogens with one attached hydrogen (secondary N) is 1. The van der Waals surface area contributed by atoms with Gasteiger partial charge >= 0.3 is 12.1 Å². The first kappa shape index (κ1) is 28.8. The van der Waals surface area contributed by atoms with Gasteiger partial charge in [-0.25, -0.2) is 19.4 Å². The zero-order chi connectivity index (χ0) is 28.2. The van der Waals surface area contributed by atoms with Crippen LogP contribution in [0.5, 0.6) is 0 Å². The van der Waals surface area contributed by atoms with Gasteiger partial charge in [-0.1, -0.05) is 0 Å². The van der Waals surface area contributed by atoms with Crippen LogP contribution in [0.25, 0.3) is 17.4 Å². The summed E-state index contributed by atoms with van der Waals surface area (Å²) < 4.78 is 39.2. The Kier molecular flexibility index (Phi) is 8.89. The molecule has 4 rings (SSSR count). The Bertz CT molecular complexity index is 1290. The minimum absolute atomic E-state index is 0.0981. The summed E-state index contributed by atoms with van der Waals surface area (Å²) in [6.45, 7) is 7.89. The number of furan rings is 1. The Hall–Kier alpha value is -3.78. The van der Waals surface area contributed by atoms with E-state index in [0.29, 0.717) is 35.8 Å². The maximum absolute atomic E-state index is 12.7. The fourth-order valence-corrected chi connectivity index (χ4v) is 3.90. The van der Waals surface area contributed by atoms with Gasteiger partial charge in [0.25, 0.3) is 0 Å². The van der Waals surface area contributed by atoms with E-state index in [-0.39, 0.29) is 5.91 Å². The van der Waals surface area contributed by atoms with Crippen LogP contribution < -0.4 is 5.32 Å². The van der Waals surface area contributed by atoms with Crippen molar-refractivity contribution in [3.63, 3.8) is 0 Å². The largest absolute Gasteiger partial charge is 0.490 e. The van der Waals surface area contributed by atoms with Crippen molar-refractivity contribution in [3.05, 3.63) is 41.4 Å². The number of halogens is 3. The van der Waals surface area contributed by atoms with Crippen molar-refractivity contribution in [1.82, 2.24) is 29.5 Å². The van der Waals surface area contributed by atoms with Crippen LogP contribution in [-0.2, 0) is 9.59 Å². The highest BCUT2D eigenvalue weighted by Crippen LogP contribution is 2.23. The van der Waals surface area contributed by atoms with Crippen LogP contribution in [0.15, 0.2) is 28.7 Å². The van der Waals surface area contributed by atoms with Crippen molar-refractivity contribution < 1.29 is 32.3 Å². The van der Waals surface area contributed by atoms with Crippen molar-refractivity contribution in [1.29, 1.82) is 0 Å². The molecule has 11 nitrogen and oxygen atoms in total. The Labute approximate surface area is 217 Å². The lowest BCUT2D eigenvalue weighted by Crippen LogP contribution is -2.35. The number of carboxylic acid groups (broad SMARTS) is 1. The van der Waals surface area contributed by atoms with Gasteiger partial charge in [-0.3, -0.25) is 9.69 Å². The lowest BCUT2D eigenvalue weighted by atomic mass is 10.2. The molecule has 0 aromatic carbocycles. The van der Waals surface area contributed by atoms with E-state index in [9.17, 15) is 18.0 Å². The van der Waals surface area contributed by atoms with Crippen LogP contribution in [0.3, 0.4) is 0 Å². The zero-order valence-corrected chi connectivity index (χ0v) is 21.7. The van der Waals surface area contributed by atoms with E-state index in [0.717, 1.165) is 36.7 Å². The maximum Gasteiger partial charge on any atom is 0.490 e. The predicted octanol–water partition coefficient (Wildman–Crippen LogP) is 3.06. The van der Waals surface area contributed by atoms with Gasteiger partial charge in [0.1, 0.15) is 11.6 Å². The molecule has 1 amide bonds. The molecule has 1 aliphatic heterocycles. The molecule has 3 aromatic heterocycles. The quantitative estimate of drug-likeness (QED) is 0.487. The summed E-state index contributed by atoms with van der Waals surface area (Å²) in [6.07, 6.45) is -4.02. The van der Waals surface area contributed by atoms with Crippen molar-refractivity contribution in [2.45, 2.75) is 39.4 Å². The SMILES string of the molecule is Cc1cc(C)n(-c2cc(NC(=O)CN3CC[C@@H](N(C)C)C3)nc(-c3ccc(C)o3)n2)n1.O=C(O)C(F)(F)F. The third-order valence-corrected chi connectivity index (χ3v) is 5.75. The molecule has 38 heavy (non-hydrogen) atoms. The molecule has 14 heteroatoms. The third-order valence-electron chi connectivity index (χ3n) is 5.75. The molecule has 4 heterocycles. The average molecular weight is 538 g/mol. The Morgan fingerprint density at radius 3 is 2.37 bits per heavy atom. The number of hydrogen-bond donors (Lipinski definition) is 2. The van der Waals surface area contributed by atoms with Crippen molar-refractivity contribution >= 4 is 17.7 Å². The van der Waals surface area contributed by atoms with E-state index < -0.39 is 12.1 Å². The summed E-state index contributed by atoms with van der Waals surface area (Å²) in [5.41, 5.74) is 1.84. The maximum atomic E-state index is 12.7. The highest BCUT2D eigenvalue weighted by molar-refractivity contribution is 5.91. The van der Waals surface area contributed by atoms with Crippen LogP contribution in [0.2, 0.25) is 0 Å². The molecule has 1 fully saturated rings. The van der Waals surface area contributed by atoms with Gasteiger partial charge in [-0.15, -0.1) is 0 Å². The Morgan fingerprint density at radius 1 is 1.18 bits per heavy atom. The fourth-order valence-electron chi connectivity index (χ4n) is 3.90. The summed E-state index contributed by atoms with van der Waals surface area (Å²) in [5, 5.41) is 14.6. The molecular formula is C24H30F3N7O4. The Morgan fingerprint density at radius 2 is 1.87 bits per heavy atom. The topological polar surface area (TPSA) is 130 Å². The van der Waals surface area contributed by atoms with Gasteiger partial charge in [0.15, 0.2) is 17.4 Å². The number of anilines is 1. The number of rotatable bonds is 6. The molecule has 0 saturated carbocycles. The zero-order valence-electron chi connectivity index (χ0n) is 21.7. The van der Waals surface area contributed by atoms with Crippen LogP contribution in [0, 0.1) is 20.8 Å². The molecule has 0 bridgehead atoms. The van der Waals surface area contributed by atoms with E-state index in [1.165, 1.54) is 0 Å². The highest BCUT2D eigenvalue weighted by atomic mass is 19.4. The van der Waals surface area contributed by atoms with E-state index in [1.54, 1.807) is 10.7 Å². The summed E-state index contributed by atoms with van der Waals surface area (Å²) in [4.78, 5) is 35.2. The normalized spacial score (nSPS) is 15.9. The smallest absolute Gasteiger partial charge is 0.475 e. The summed E-state index contributed by atoms with van der Waals surface area (Å²) in [7, 11) is 4.15. The number of nitrogens with zero attached hydrogens (tertiary/aromatic N) is 6. The minimum atomic E-state index is -5.08. The first-order chi connectivity index (χ1) is 17.7. The van der Waals surface area contributed by atoms with Gasteiger partial charge in [0.2, 0.25) is 5.91 Å². The van der Waals surface area contributed by atoms with Crippen LogP contribution >= 0.6 is 0 Å². The molecular weight excluding hydrogens is 507 g/mol. The van der Waals surface area contributed by atoms with E-state index in [1.807, 2.05) is 39.0 Å². The number of likely N-dealkylation sites (N-methyl/N-ethyl adjacent to an activating group) is 1. The number of aliphatic carboxylic acids is 1. The predicted molar refractivity (Wildman–Crippen MR) is 132 cm³/mol. The van der Waals surface area contributed by atoms with Gasteiger partial charge in [-0.2, -0.15) is 18.3 Å². The molecule has 1 saturated heterocycles. The molecule has 0 radical (unpaired) electrons. The monoisotopic (exact) mass is 537 g/mol. The minimum Gasteiger partial charge on any atom is -0.475 e. The van der Waals surface area contributed by atoms with Crippen LogP contribution in [0.4, 0.5) is 19.0 Å². The average Bonchev–Trinajstić information content (AvgIpc) is 3.53. The molecule has 3 aromatic rings. The second-order valence-corrected chi connectivity index (χ2v) is 9.18. The standard InChI is InChI=1S/C22H29N7O2.C2HF3O2/c1-14-10-15(2)29(26-14)20-11-19(24-22(25-20)18-7-6-16(3)31-18)23-21(30)13-28-9-8-17(12-28)27(4)5;3-2(4,5)1(6)7/h6-7,10-11,17H,8-9,12-13H2,1-5H3,(H,23,24,25,30);(H,6,7)/t17-;/m1./s1. The van der Waals surface area contributed by atoms with Gasteiger partial charge < -0.3 is 19.7 Å². The second-order valence-electron chi connectivity index (χ2n) is 9.18. The summed E-state index contributed by atoms with van der Waals surface area (Å²) in [5.74, 6) is -0.132. The number of aromatic nitrogens is 4. The molecule has 1 atom stereocenters. The lowest BCUT2D eigenvalue weighted by Gasteiger charge is -2.20. The molecule has 1 aliphatic rings. The van der Waals surface area contributed by atoms with Crippen LogP contribution in [0.1, 0.15) is 23.6 Å². The molecule has 2 N–H and O–H groups in total. The van der Waals surface area contributed by atoms with Gasteiger partial charge in [-0.05, 0) is 59.5 Å². The number of amides is 1. The van der Waals surface area contributed by atoms with E-state index >= 15 is 0 Å². The number of carbonyl (C=O) groups is 2. The third kappa shape index (κ3) is 7.61. The number of aryl methyl sites for hydroxylation is 3. The fraction of sp³-hybridized carbons (Fsp3) is 0.458. The molecule has 206 valence electrons. The molecule has 0 aliphatic carbocycles. The number of carboxylic acids is 1. The van der Waals surface area contributed by atoms with Gasteiger partial charge in [0.05, 0.1) is 12.2 Å². The molecule has 0 unspecified atom stereocenters. The van der Waals surface area contributed by atoms with Crippen molar-refractivity contribution in [2.24, 2.45) is 0 Å². The number of likely N-dealkylation sites (tertiary alicyclic amines) is 1. The summed E-state index contributed by atoms with van der Waals surface area (Å²) in [6, 6.07) is 7.89. The van der Waals surface area contributed by atoms with E-state index in [2.05, 4.69) is 44.3 Å². The number of carbonyl (C=O) groups excluding carboxylic acids is 1.